The Balaban J connectivity index is 2.25. The Hall–Kier alpha value is -1.09. The summed E-state index contributed by atoms with van der Waals surface area (Å²) in [4.78, 5) is 6.73. The first kappa shape index (κ1) is 10.4. The van der Waals surface area contributed by atoms with E-state index in [4.69, 9.17) is 5.73 Å². The zero-order chi connectivity index (χ0) is 10.8. The molecule has 3 nitrogen and oxygen atoms in total. The molecule has 0 amide bonds. The van der Waals surface area contributed by atoms with Gasteiger partial charge in [-0.3, -0.25) is 0 Å². The third-order valence-electron chi connectivity index (χ3n) is 3.26. The lowest BCUT2D eigenvalue weighted by atomic mass is 9.91. The van der Waals surface area contributed by atoms with Gasteiger partial charge < -0.3 is 10.6 Å². The Labute approximate surface area is 91.3 Å². The quantitative estimate of drug-likeness (QED) is 0.821. The maximum atomic E-state index is 5.95. The van der Waals surface area contributed by atoms with Crippen LogP contribution in [0.5, 0.6) is 0 Å². The fourth-order valence-corrected chi connectivity index (χ4v) is 2.01. The van der Waals surface area contributed by atoms with Crippen molar-refractivity contribution in [2.45, 2.75) is 38.3 Å². The van der Waals surface area contributed by atoms with E-state index >= 15 is 0 Å². The summed E-state index contributed by atoms with van der Waals surface area (Å²) >= 11 is 0. The van der Waals surface area contributed by atoms with Crippen molar-refractivity contribution in [1.29, 1.82) is 0 Å². The lowest BCUT2D eigenvalue weighted by Crippen LogP contribution is -2.38. The highest BCUT2D eigenvalue weighted by molar-refractivity contribution is 5.48. The summed E-state index contributed by atoms with van der Waals surface area (Å²) < 4.78 is 0. The van der Waals surface area contributed by atoms with Crippen molar-refractivity contribution in [3.63, 3.8) is 0 Å². The van der Waals surface area contributed by atoms with Crippen LogP contribution in [0, 0.1) is 0 Å². The van der Waals surface area contributed by atoms with Crippen molar-refractivity contribution < 1.29 is 0 Å². The number of rotatable bonds is 3. The summed E-state index contributed by atoms with van der Waals surface area (Å²) in [5.41, 5.74) is 7.09. The minimum absolute atomic E-state index is 0.0521. The van der Waals surface area contributed by atoms with E-state index in [0.29, 0.717) is 6.04 Å². The number of hydrogen-bond acceptors (Lipinski definition) is 3. The minimum Gasteiger partial charge on any atom is -0.356 e. The zero-order valence-electron chi connectivity index (χ0n) is 9.48. The Morgan fingerprint density at radius 3 is 2.80 bits per heavy atom. The molecule has 2 N–H and O–H groups in total. The first-order chi connectivity index (χ1) is 7.20. The van der Waals surface area contributed by atoms with E-state index in [1.807, 2.05) is 19.2 Å². The van der Waals surface area contributed by atoms with Crippen molar-refractivity contribution in [2.75, 3.05) is 11.9 Å². The average Bonchev–Trinajstić information content (AvgIpc) is 2.15. The van der Waals surface area contributed by atoms with Crippen LogP contribution < -0.4 is 10.6 Å². The predicted octanol–water partition coefficient (Wildman–Crippen LogP) is 2.09. The van der Waals surface area contributed by atoms with Crippen molar-refractivity contribution in [3.05, 3.63) is 23.9 Å². The van der Waals surface area contributed by atoms with E-state index in [1.54, 1.807) is 0 Å². The number of hydrogen-bond donors (Lipinski definition) is 1. The molecule has 1 fully saturated rings. The molecule has 1 saturated carbocycles. The number of aromatic nitrogens is 1. The summed E-state index contributed by atoms with van der Waals surface area (Å²) in [5.74, 6) is 1.05. The maximum Gasteiger partial charge on any atom is 0.133 e. The van der Waals surface area contributed by atoms with E-state index in [2.05, 4.69) is 23.0 Å². The third kappa shape index (κ3) is 1.97. The lowest BCUT2D eigenvalue weighted by Gasteiger charge is -2.36. The minimum atomic E-state index is 0.0521. The topological polar surface area (TPSA) is 42.1 Å². The Kier molecular flexibility index (Phi) is 2.91. The molecule has 2 rings (SSSR count). The lowest BCUT2D eigenvalue weighted by molar-refractivity contribution is 0.398. The molecule has 0 radical (unpaired) electrons. The van der Waals surface area contributed by atoms with Gasteiger partial charge in [0.15, 0.2) is 0 Å². The molecule has 82 valence electrons. The van der Waals surface area contributed by atoms with Gasteiger partial charge in [0.05, 0.1) is 0 Å². The van der Waals surface area contributed by atoms with E-state index in [1.165, 1.54) is 19.3 Å². The van der Waals surface area contributed by atoms with E-state index in [0.717, 1.165) is 11.4 Å². The van der Waals surface area contributed by atoms with Crippen LogP contribution >= 0.6 is 0 Å². The number of anilines is 1. The van der Waals surface area contributed by atoms with Gasteiger partial charge in [0, 0.05) is 30.9 Å². The van der Waals surface area contributed by atoms with Crippen LogP contribution in [0.25, 0.3) is 0 Å². The van der Waals surface area contributed by atoms with Crippen LogP contribution in [0.4, 0.5) is 5.82 Å². The molecule has 1 atom stereocenters. The number of nitrogens with zero attached hydrogens (tertiary/aromatic N) is 2. The van der Waals surface area contributed by atoms with Crippen molar-refractivity contribution in [3.8, 4) is 0 Å². The molecule has 1 aromatic heterocycles. The third-order valence-corrected chi connectivity index (χ3v) is 3.26. The molecule has 15 heavy (non-hydrogen) atoms. The Bertz CT molecular complexity index is 331. The van der Waals surface area contributed by atoms with E-state index in [-0.39, 0.29) is 6.04 Å². The number of pyridine rings is 1. The van der Waals surface area contributed by atoms with Gasteiger partial charge in [-0.25, -0.2) is 4.98 Å². The van der Waals surface area contributed by atoms with Crippen LogP contribution in [0.3, 0.4) is 0 Å². The molecule has 1 aromatic rings. The fourth-order valence-electron chi connectivity index (χ4n) is 2.01. The van der Waals surface area contributed by atoms with Crippen LogP contribution in [-0.2, 0) is 0 Å². The SMILES string of the molecule is C[C@@H](N)c1cccnc1N(C)C1CCC1. The van der Waals surface area contributed by atoms with Gasteiger partial charge in [0.25, 0.3) is 0 Å². The molecule has 0 saturated heterocycles. The maximum absolute atomic E-state index is 5.95. The van der Waals surface area contributed by atoms with Gasteiger partial charge >= 0.3 is 0 Å². The molecule has 1 aliphatic carbocycles. The molecular weight excluding hydrogens is 186 g/mol. The van der Waals surface area contributed by atoms with Crippen LogP contribution in [0.1, 0.15) is 37.8 Å². The average molecular weight is 205 g/mol. The van der Waals surface area contributed by atoms with Gasteiger partial charge in [-0.2, -0.15) is 0 Å². The Morgan fingerprint density at radius 1 is 1.53 bits per heavy atom. The van der Waals surface area contributed by atoms with E-state index in [9.17, 15) is 0 Å². The van der Waals surface area contributed by atoms with Gasteiger partial charge in [-0.05, 0) is 32.3 Å². The van der Waals surface area contributed by atoms with Crippen LogP contribution in [0.2, 0.25) is 0 Å². The molecule has 1 aliphatic rings. The van der Waals surface area contributed by atoms with Gasteiger partial charge in [-0.15, -0.1) is 0 Å². The summed E-state index contributed by atoms with van der Waals surface area (Å²) in [6, 6.07) is 4.74. The normalized spacial score (nSPS) is 18.3. The molecule has 0 aliphatic heterocycles. The van der Waals surface area contributed by atoms with Crippen molar-refractivity contribution >= 4 is 5.82 Å². The van der Waals surface area contributed by atoms with Gasteiger partial charge in [0.1, 0.15) is 5.82 Å². The van der Waals surface area contributed by atoms with E-state index < -0.39 is 0 Å². The highest BCUT2D eigenvalue weighted by Crippen LogP contribution is 2.30. The predicted molar refractivity (Wildman–Crippen MR) is 62.9 cm³/mol. The molecular formula is C12H19N3. The summed E-state index contributed by atoms with van der Waals surface area (Å²) in [6.07, 6.45) is 5.75. The monoisotopic (exact) mass is 205 g/mol. The summed E-state index contributed by atoms with van der Waals surface area (Å²) in [7, 11) is 2.12. The van der Waals surface area contributed by atoms with Crippen molar-refractivity contribution in [1.82, 2.24) is 4.98 Å². The second-order valence-corrected chi connectivity index (χ2v) is 4.40. The smallest absolute Gasteiger partial charge is 0.133 e. The largest absolute Gasteiger partial charge is 0.356 e. The molecule has 0 unspecified atom stereocenters. The van der Waals surface area contributed by atoms with Gasteiger partial charge in [-0.1, -0.05) is 6.07 Å². The molecule has 0 aromatic carbocycles. The molecule has 0 bridgehead atoms. The molecule has 1 heterocycles. The van der Waals surface area contributed by atoms with Crippen molar-refractivity contribution in [2.24, 2.45) is 5.73 Å². The van der Waals surface area contributed by atoms with Gasteiger partial charge in [0.2, 0.25) is 0 Å². The fraction of sp³-hybridized carbons (Fsp3) is 0.583. The van der Waals surface area contributed by atoms with Crippen LogP contribution in [-0.4, -0.2) is 18.1 Å². The second-order valence-electron chi connectivity index (χ2n) is 4.40. The van der Waals surface area contributed by atoms with Crippen LogP contribution in [0.15, 0.2) is 18.3 Å². The Morgan fingerprint density at radius 2 is 2.27 bits per heavy atom. The highest BCUT2D eigenvalue weighted by Gasteiger charge is 2.24. The number of nitrogens with two attached hydrogens (primary N) is 1. The standard InChI is InChI=1S/C12H19N3/c1-9(13)11-7-4-8-14-12(11)15(2)10-5-3-6-10/h4,7-10H,3,5-6,13H2,1-2H3/t9-/m1/s1. The summed E-state index contributed by atoms with van der Waals surface area (Å²) in [5, 5.41) is 0. The first-order valence-electron chi connectivity index (χ1n) is 5.63. The molecule has 3 heteroatoms. The summed E-state index contributed by atoms with van der Waals surface area (Å²) in [6.45, 7) is 2.01. The zero-order valence-corrected chi connectivity index (χ0v) is 9.48. The highest BCUT2D eigenvalue weighted by atomic mass is 15.2. The molecule has 0 spiro atoms. The first-order valence-corrected chi connectivity index (χ1v) is 5.63. The second kappa shape index (κ2) is 4.19.